The molecular weight excluding hydrogens is 182 g/mol. The minimum absolute atomic E-state index is 0.107. The molecule has 1 fully saturated rings. The molecule has 0 aliphatic heterocycles. The topological polar surface area (TPSA) is 85.2 Å². The van der Waals surface area contributed by atoms with Crippen molar-refractivity contribution < 1.29 is 9.63 Å². The second-order valence-corrected chi connectivity index (χ2v) is 4.49. The van der Waals surface area contributed by atoms with E-state index < -0.39 is 6.10 Å². The van der Waals surface area contributed by atoms with Crippen molar-refractivity contribution in [3.8, 4) is 0 Å². The average molecular weight is 197 g/mol. The molecule has 2 unspecified atom stereocenters. The second-order valence-electron chi connectivity index (χ2n) is 4.49. The minimum atomic E-state index is -0.835. The molecule has 0 bridgehead atoms. The molecular formula is C9H15N3O2. The fourth-order valence-electron chi connectivity index (χ4n) is 1.53. The lowest BCUT2D eigenvalue weighted by Crippen LogP contribution is -2.11. The van der Waals surface area contributed by atoms with Crippen LogP contribution < -0.4 is 5.73 Å². The highest BCUT2D eigenvalue weighted by Crippen LogP contribution is 2.57. The quantitative estimate of drug-likeness (QED) is 0.740. The van der Waals surface area contributed by atoms with Crippen LogP contribution in [0.3, 0.4) is 0 Å². The first-order chi connectivity index (χ1) is 6.54. The predicted molar refractivity (Wildman–Crippen MR) is 49.5 cm³/mol. The van der Waals surface area contributed by atoms with Crippen molar-refractivity contribution in [1.82, 2.24) is 10.1 Å². The van der Waals surface area contributed by atoms with E-state index >= 15 is 0 Å². The van der Waals surface area contributed by atoms with E-state index in [4.69, 9.17) is 10.3 Å². The zero-order valence-corrected chi connectivity index (χ0v) is 8.40. The number of hydrogen-bond acceptors (Lipinski definition) is 5. The molecule has 1 saturated carbocycles. The summed E-state index contributed by atoms with van der Waals surface area (Å²) in [4.78, 5) is 4.13. The number of aliphatic hydroxyl groups excluding tert-OH is 1. The Morgan fingerprint density at radius 1 is 1.71 bits per heavy atom. The molecule has 14 heavy (non-hydrogen) atoms. The lowest BCUT2D eigenvalue weighted by atomic mass is 10.1. The van der Waals surface area contributed by atoms with E-state index in [1.54, 1.807) is 0 Å². The number of aliphatic hydroxyl groups is 1. The van der Waals surface area contributed by atoms with E-state index in [2.05, 4.69) is 24.0 Å². The van der Waals surface area contributed by atoms with E-state index in [0.717, 1.165) is 6.42 Å². The maximum atomic E-state index is 9.35. The summed E-state index contributed by atoms with van der Waals surface area (Å²) in [5.74, 6) is 1.28. The highest BCUT2D eigenvalue weighted by molar-refractivity contribution is 5.14. The van der Waals surface area contributed by atoms with Gasteiger partial charge in [0.25, 0.3) is 5.89 Å². The Bertz CT molecular complexity index is 335. The van der Waals surface area contributed by atoms with Gasteiger partial charge in [-0.15, -0.1) is 0 Å². The van der Waals surface area contributed by atoms with Gasteiger partial charge in [-0.25, -0.2) is 0 Å². The average Bonchev–Trinajstić information content (AvgIpc) is 2.64. The molecule has 0 aromatic carbocycles. The normalized spacial score (nSPS) is 26.1. The smallest absolute Gasteiger partial charge is 0.256 e. The summed E-state index contributed by atoms with van der Waals surface area (Å²) in [6.45, 7) is 4.43. The van der Waals surface area contributed by atoms with Crippen LogP contribution in [0.25, 0.3) is 0 Å². The zero-order valence-electron chi connectivity index (χ0n) is 8.40. The molecule has 3 N–H and O–H groups in total. The first-order valence-corrected chi connectivity index (χ1v) is 4.76. The molecule has 1 aliphatic carbocycles. The minimum Gasteiger partial charge on any atom is -0.382 e. The number of nitrogens with two attached hydrogens (primary N) is 1. The standard InChI is InChI=1S/C9H15N3O2/c1-9(2)3-5(9)7-11-8(14-12-7)6(13)4-10/h5-6,13H,3-4,10H2,1-2H3. The molecule has 0 amide bonds. The largest absolute Gasteiger partial charge is 0.382 e. The van der Waals surface area contributed by atoms with Crippen molar-refractivity contribution in [2.45, 2.75) is 32.3 Å². The summed E-state index contributed by atoms with van der Waals surface area (Å²) in [6, 6.07) is 0. The maximum Gasteiger partial charge on any atom is 0.256 e. The Kier molecular flexibility index (Phi) is 2.08. The van der Waals surface area contributed by atoms with Crippen molar-refractivity contribution in [3.63, 3.8) is 0 Å². The molecule has 2 rings (SSSR count). The summed E-state index contributed by atoms with van der Waals surface area (Å²) < 4.78 is 4.92. The van der Waals surface area contributed by atoms with Crippen molar-refractivity contribution >= 4 is 0 Å². The summed E-state index contributed by atoms with van der Waals surface area (Å²) in [6.07, 6.45) is 0.239. The van der Waals surface area contributed by atoms with E-state index in [9.17, 15) is 5.11 Å². The number of rotatable bonds is 3. The molecule has 0 saturated heterocycles. The third-order valence-electron chi connectivity index (χ3n) is 2.79. The van der Waals surface area contributed by atoms with Gasteiger partial charge in [-0.1, -0.05) is 19.0 Å². The van der Waals surface area contributed by atoms with Crippen molar-refractivity contribution in [1.29, 1.82) is 0 Å². The van der Waals surface area contributed by atoms with Crippen LogP contribution in [0, 0.1) is 5.41 Å². The van der Waals surface area contributed by atoms with Crippen LogP contribution in [0.5, 0.6) is 0 Å². The van der Waals surface area contributed by atoms with Gasteiger partial charge in [0.05, 0.1) is 0 Å². The zero-order chi connectivity index (χ0) is 10.3. The summed E-state index contributed by atoms with van der Waals surface area (Å²) >= 11 is 0. The predicted octanol–water partition coefficient (Wildman–Crippen LogP) is 0.575. The molecule has 0 radical (unpaired) electrons. The molecule has 1 heterocycles. The molecule has 5 heteroatoms. The lowest BCUT2D eigenvalue weighted by Gasteiger charge is -1.98. The first kappa shape index (κ1) is 9.61. The summed E-state index contributed by atoms with van der Waals surface area (Å²) in [7, 11) is 0. The van der Waals surface area contributed by atoms with Gasteiger partial charge in [-0.3, -0.25) is 0 Å². The van der Waals surface area contributed by atoms with E-state index in [-0.39, 0.29) is 17.9 Å². The Hall–Kier alpha value is -0.940. The number of nitrogens with zero attached hydrogens (tertiary/aromatic N) is 2. The second kappa shape index (κ2) is 3.03. The van der Waals surface area contributed by atoms with Gasteiger partial charge < -0.3 is 15.4 Å². The van der Waals surface area contributed by atoms with Gasteiger partial charge in [0.15, 0.2) is 5.82 Å². The molecule has 5 nitrogen and oxygen atoms in total. The number of hydrogen-bond donors (Lipinski definition) is 2. The van der Waals surface area contributed by atoms with Gasteiger partial charge in [0.1, 0.15) is 6.10 Å². The van der Waals surface area contributed by atoms with Crippen LogP contribution in [0.15, 0.2) is 4.52 Å². The van der Waals surface area contributed by atoms with Crippen LogP contribution in [0.4, 0.5) is 0 Å². The molecule has 2 atom stereocenters. The summed E-state index contributed by atoms with van der Waals surface area (Å²) in [5, 5.41) is 13.2. The highest BCUT2D eigenvalue weighted by Gasteiger charge is 2.49. The van der Waals surface area contributed by atoms with Crippen molar-refractivity contribution in [2.75, 3.05) is 6.54 Å². The van der Waals surface area contributed by atoms with Crippen molar-refractivity contribution in [2.24, 2.45) is 11.1 Å². The lowest BCUT2D eigenvalue weighted by molar-refractivity contribution is 0.141. The van der Waals surface area contributed by atoms with Gasteiger partial charge in [0, 0.05) is 12.5 Å². The van der Waals surface area contributed by atoms with Gasteiger partial charge in [-0.05, 0) is 11.8 Å². The molecule has 78 valence electrons. The molecule has 1 aromatic rings. The van der Waals surface area contributed by atoms with Gasteiger partial charge >= 0.3 is 0 Å². The monoisotopic (exact) mass is 197 g/mol. The van der Waals surface area contributed by atoms with Crippen LogP contribution in [-0.2, 0) is 0 Å². The Balaban J connectivity index is 2.11. The molecule has 1 aromatic heterocycles. The van der Waals surface area contributed by atoms with E-state index in [0.29, 0.717) is 11.7 Å². The van der Waals surface area contributed by atoms with E-state index in [1.807, 2.05) is 0 Å². The Morgan fingerprint density at radius 3 is 2.86 bits per heavy atom. The first-order valence-electron chi connectivity index (χ1n) is 4.76. The van der Waals surface area contributed by atoms with Gasteiger partial charge in [-0.2, -0.15) is 4.98 Å². The van der Waals surface area contributed by atoms with Gasteiger partial charge in [0.2, 0.25) is 0 Å². The molecule has 1 aliphatic rings. The summed E-state index contributed by atoms with van der Waals surface area (Å²) in [5.41, 5.74) is 5.55. The van der Waals surface area contributed by atoms with Crippen LogP contribution in [-0.4, -0.2) is 21.8 Å². The highest BCUT2D eigenvalue weighted by atomic mass is 16.5. The fourth-order valence-corrected chi connectivity index (χ4v) is 1.53. The molecule has 0 spiro atoms. The fraction of sp³-hybridized carbons (Fsp3) is 0.778. The maximum absolute atomic E-state index is 9.35. The van der Waals surface area contributed by atoms with Crippen LogP contribution in [0.1, 0.15) is 44.0 Å². The third kappa shape index (κ3) is 1.53. The SMILES string of the molecule is CC1(C)CC1c1noc(C(O)CN)n1. The van der Waals surface area contributed by atoms with Crippen LogP contribution >= 0.6 is 0 Å². The van der Waals surface area contributed by atoms with Crippen molar-refractivity contribution in [3.05, 3.63) is 11.7 Å². The van der Waals surface area contributed by atoms with Crippen LogP contribution in [0.2, 0.25) is 0 Å². The Morgan fingerprint density at radius 2 is 2.36 bits per heavy atom. The number of aromatic nitrogens is 2. The van der Waals surface area contributed by atoms with E-state index in [1.165, 1.54) is 0 Å². The third-order valence-corrected chi connectivity index (χ3v) is 2.79. The Labute approximate surface area is 82.3 Å².